The molecule has 0 aliphatic carbocycles. The first kappa shape index (κ1) is 11.8. The second kappa shape index (κ2) is 6.16. The summed E-state index contributed by atoms with van der Waals surface area (Å²) >= 11 is 2.06. The van der Waals surface area contributed by atoms with E-state index in [1.54, 1.807) is 0 Å². The van der Waals surface area contributed by atoms with Gasteiger partial charge in [0.25, 0.3) is 0 Å². The highest BCUT2D eigenvalue weighted by Gasteiger charge is 2.10. The number of benzene rings is 1. The third-order valence-corrected chi connectivity index (χ3v) is 3.83. The predicted octanol–water partition coefficient (Wildman–Crippen LogP) is 2.35. The van der Waals surface area contributed by atoms with E-state index in [1.807, 2.05) is 0 Å². The number of rotatable bonds is 4. The van der Waals surface area contributed by atoms with Gasteiger partial charge in [-0.05, 0) is 24.2 Å². The van der Waals surface area contributed by atoms with Crippen LogP contribution in [0.4, 0.5) is 5.69 Å². The number of nitrogens with one attached hydrogen (secondary N) is 1. The Labute approximate surface area is 102 Å². The Morgan fingerprint density at radius 1 is 1.19 bits per heavy atom. The Morgan fingerprint density at radius 2 is 1.88 bits per heavy atom. The minimum absolute atomic E-state index is 0.979. The molecule has 3 heteroatoms. The molecule has 1 aromatic rings. The predicted molar refractivity (Wildman–Crippen MR) is 73.4 cm³/mol. The minimum atomic E-state index is 0.979. The second-order valence-electron chi connectivity index (χ2n) is 4.05. The Bertz CT molecular complexity index is 304. The van der Waals surface area contributed by atoms with Gasteiger partial charge in [0.1, 0.15) is 0 Å². The van der Waals surface area contributed by atoms with Crippen molar-refractivity contribution >= 4 is 17.4 Å². The van der Waals surface area contributed by atoms with Gasteiger partial charge in [0.2, 0.25) is 0 Å². The summed E-state index contributed by atoms with van der Waals surface area (Å²) in [5.74, 6) is 2.53. The summed E-state index contributed by atoms with van der Waals surface area (Å²) in [5.41, 5.74) is 2.75. The summed E-state index contributed by atoms with van der Waals surface area (Å²) in [7, 11) is 0. The fourth-order valence-corrected chi connectivity index (χ4v) is 2.82. The molecule has 1 N–H and O–H groups in total. The van der Waals surface area contributed by atoms with Crippen molar-refractivity contribution in [2.75, 3.05) is 36.0 Å². The van der Waals surface area contributed by atoms with Gasteiger partial charge in [0, 0.05) is 36.8 Å². The Balaban J connectivity index is 1.95. The van der Waals surface area contributed by atoms with E-state index in [4.69, 9.17) is 0 Å². The molecule has 2 rings (SSSR count). The van der Waals surface area contributed by atoms with E-state index < -0.39 is 0 Å². The lowest BCUT2D eigenvalue weighted by atomic mass is 10.2. The Kier molecular flexibility index (Phi) is 4.55. The fourth-order valence-electron chi connectivity index (χ4n) is 1.92. The molecule has 1 aliphatic heterocycles. The van der Waals surface area contributed by atoms with Gasteiger partial charge in [0.05, 0.1) is 0 Å². The lowest BCUT2D eigenvalue weighted by Crippen LogP contribution is -2.32. The topological polar surface area (TPSA) is 15.3 Å². The monoisotopic (exact) mass is 236 g/mol. The van der Waals surface area contributed by atoms with Crippen LogP contribution in [0, 0.1) is 0 Å². The molecule has 0 saturated carbocycles. The van der Waals surface area contributed by atoms with Crippen LogP contribution in [0.15, 0.2) is 24.3 Å². The van der Waals surface area contributed by atoms with E-state index >= 15 is 0 Å². The lowest BCUT2D eigenvalue weighted by molar-refractivity contribution is 0.726. The van der Waals surface area contributed by atoms with Crippen molar-refractivity contribution in [3.05, 3.63) is 29.8 Å². The molecule has 0 bridgehead atoms. The second-order valence-corrected chi connectivity index (χ2v) is 5.27. The van der Waals surface area contributed by atoms with Crippen LogP contribution in [0.3, 0.4) is 0 Å². The van der Waals surface area contributed by atoms with E-state index in [2.05, 4.69) is 53.2 Å². The minimum Gasteiger partial charge on any atom is -0.370 e. The SMILES string of the molecule is CCNCc1ccc(N2CCSCC2)cc1. The molecule has 1 aliphatic rings. The maximum atomic E-state index is 3.35. The van der Waals surface area contributed by atoms with Crippen LogP contribution in [0.5, 0.6) is 0 Å². The van der Waals surface area contributed by atoms with E-state index in [-0.39, 0.29) is 0 Å². The van der Waals surface area contributed by atoms with Crippen LogP contribution in [-0.4, -0.2) is 31.1 Å². The number of anilines is 1. The van der Waals surface area contributed by atoms with Gasteiger partial charge in [-0.3, -0.25) is 0 Å². The van der Waals surface area contributed by atoms with Crippen molar-refractivity contribution in [2.24, 2.45) is 0 Å². The molecule has 0 radical (unpaired) electrons. The van der Waals surface area contributed by atoms with Crippen molar-refractivity contribution in [1.82, 2.24) is 5.32 Å². The molecule has 1 fully saturated rings. The smallest absolute Gasteiger partial charge is 0.0366 e. The van der Waals surface area contributed by atoms with Crippen LogP contribution >= 0.6 is 11.8 Å². The van der Waals surface area contributed by atoms with Crippen LogP contribution < -0.4 is 10.2 Å². The zero-order valence-corrected chi connectivity index (χ0v) is 10.7. The summed E-state index contributed by atoms with van der Waals surface area (Å²) < 4.78 is 0. The van der Waals surface area contributed by atoms with Crippen LogP contribution in [0.2, 0.25) is 0 Å². The van der Waals surface area contributed by atoms with Crippen molar-refractivity contribution in [2.45, 2.75) is 13.5 Å². The van der Waals surface area contributed by atoms with Gasteiger partial charge in [-0.1, -0.05) is 19.1 Å². The van der Waals surface area contributed by atoms with Crippen molar-refractivity contribution in [3.63, 3.8) is 0 Å². The van der Waals surface area contributed by atoms with E-state index in [1.165, 1.54) is 35.8 Å². The molecule has 1 saturated heterocycles. The highest BCUT2D eigenvalue weighted by molar-refractivity contribution is 7.99. The molecule has 0 amide bonds. The standard InChI is InChI=1S/C13H20N2S/c1-2-14-11-12-3-5-13(6-4-12)15-7-9-16-10-8-15/h3-6,14H,2,7-11H2,1H3. The van der Waals surface area contributed by atoms with Crippen molar-refractivity contribution in [3.8, 4) is 0 Å². The lowest BCUT2D eigenvalue weighted by Gasteiger charge is -2.28. The molecule has 1 aromatic carbocycles. The molecule has 2 nitrogen and oxygen atoms in total. The highest BCUT2D eigenvalue weighted by Crippen LogP contribution is 2.19. The average Bonchev–Trinajstić information content (AvgIpc) is 2.38. The van der Waals surface area contributed by atoms with Gasteiger partial charge in [-0.15, -0.1) is 0 Å². The van der Waals surface area contributed by atoms with Crippen LogP contribution in [0.1, 0.15) is 12.5 Å². The number of hydrogen-bond acceptors (Lipinski definition) is 3. The Morgan fingerprint density at radius 3 is 2.50 bits per heavy atom. The van der Waals surface area contributed by atoms with Crippen molar-refractivity contribution in [1.29, 1.82) is 0 Å². The number of thioether (sulfide) groups is 1. The molecule has 0 unspecified atom stereocenters. The largest absolute Gasteiger partial charge is 0.370 e. The fraction of sp³-hybridized carbons (Fsp3) is 0.538. The molecular formula is C13H20N2S. The van der Waals surface area contributed by atoms with Gasteiger partial charge >= 0.3 is 0 Å². The third-order valence-electron chi connectivity index (χ3n) is 2.89. The molecule has 0 spiro atoms. The van der Waals surface area contributed by atoms with Crippen molar-refractivity contribution < 1.29 is 0 Å². The maximum absolute atomic E-state index is 3.35. The summed E-state index contributed by atoms with van der Waals surface area (Å²) in [4.78, 5) is 2.48. The normalized spacial score (nSPS) is 16.4. The van der Waals surface area contributed by atoms with Gasteiger partial charge < -0.3 is 10.2 Å². The summed E-state index contributed by atoms with van der Waals surface area (Å²) in [6, 6.07) is 8.98. The third kappa shape index (κ3) is 3.16. The number of hydrogen-bond donors (Lipinski definition) is 1. The van der Waals surface area contributed by atoms with Gasteiger partial charge in [-0.25, -0.2) is 0 Å². The molecule has 0 atom stereocenters. The van der Waals surface area contributed by atoms with E-state index in [9.17, 15) is 0 Å². The zero-order valence-electron chi connectivity index (χ0n) is 9.91. The molecule has 16 heavy (non-hydrogen) atoms. The summed E-state index contributed by atoms with van der Waals surface area (Å²) in [5, 5.41) is 3.35. The summed E-state index contributed by atoms with van der Waals surface area (Å²) in [6.45, 7) is 6.53. The van der Waals surface area contributed by atoms with E-state index in [0.717, 1.165) is 13.1 Å². The van der Waals surface area contributed by atoms with Crippen LogP contribution in [0.25, 0.3) is 0 Å². The van der Waals surface area contributed by atoms with Gasteiger partial charge in [0.15, 0.2) is 0 Å². The highest BCUT2D eigenvalue weighted by atomic mass is 32.2. The molecular weight excluding hydrogens is 216 g/mol. The zero-order chi connectivity index (χ0) is 11.2. The molecule has 0 aromatic heterocycles. The van der Waals surface area contributed by atoms with Gasteiger partial charge in [-0.2, -0.15) is 11.8 Å². The quantitative estimate of drug-likeness (QED) is 0.864. The first-order valence-electron chi connectivity index (χ1n) is 6.02. The van der Waals surface area contributed by atoms with Crippen LogP contribution in [-0.2, 0) is 6.54 Å². The molecule has 1 heterocycles. The Hall–Kier alpha value is -0.670. The summed E-state index contributed by atoms with van der Waals surface area (Å²) in [6.07, 6.45) is 0. The maximum Gasteiger partial charge on any atom is 0.0366 e. The first-order chi connectivity index (χ1) is 7.90. The number of nitrogens with zero attached hydrogens (tertiary/aromatic N) is 1. The molecule has 88 valence electrons. The van der Waals surface area contributed by atoms with E-state index in [0.29, 0.717) is 0 Å². The average molecular weight is 236 g/mol. The first-order valence-corrected chi connectivity index (χ1v) is 7.18.